The Hall–Kier alpha value is -3.83. The van der Waals surface area contributed by atoms with Gasteiger partial charge in [-0.3, -0.25) is 19.3 Å². The van der Waals surface area contributed by atoms with Crippen LogP contribution in [0.2, 0.25) is 0 Å². The van der Waals surface area contributed by atoms with Crippen LogP contribution in [0.3, 0.4) is 0 Å². The predicted molar refractivity (Wildman–Crippen MR) is 137 cm³/mol. The van der Waals surface area contributed by atoms with E-state index in [1.54, 1.807) is 17.1 Å². The standard InChI is InChI=1S/C25H32FN9O2/c1-5-35-13-15(10-31-35)17-12-30-20-18(32-17)16(11-29-20)21(36)33-19(24(2,3)4)22(37)34-9-6-25(26,14-34)23-27-7-8-28-23/h10-13,19H,5-9,14H2,1-4H3,(H,27,28)(H,29,30)(H,33,36). The molecular formula is C25H32FN9O2. The summed E-state index contributed by atoms with van der Waals surface area (Å²) in [6, 6.07) is -0.871. The molecule has 5 rings (SSSR count). The monoisotopic (exact) mass is 509 g/mol. The zero-order valence-corrected chi connectivity index (χ0v) is 21.5. The summed E-state index contributed by atoms with van der Waals surface area (Å²) in [5.41, 5.74) is 0.207. The van der Waals surface area contributed by atoms with Gasteiger partial charge in [-0.05, 0) is 12.3 Å². The molecule has 2 unspecified atom stereocenters. The van der Waals surface area contributed by atoms with Crippen molar-refractivity contribution < 1.29 is 14.0 Å². The van der Waals surface area contributed by atoms with Gasteiger partial charge in [-0.15, -0.1) is 0 Å². The average molecular weight is 510 g/mol. The molecule has 5 heterocycles. The highest BCUT2D eigenvalue weighted by Gasteiger charge is 2.48. The third kappa shape index (κ3) is 4.67. The molecule has 0 aromatic carbocycles. The number of aromatic nitrogens is 5. The molecule has 1 saturated heterocycles. The summed E-state index contributed by atoms with van der Waals surface area (Å²) in [7, 11) is 0. The molecule has 2 aliphatic rings. The summed E-state index contributed by atoms with van der Waals surface area (Å²) in [4.78, 5) is 44.8. The number of alkyl halides is 1. The topological polar surface area (TPSA) is 133 Å². The highest BCUT2D eigenvalue weighted by molar-refractivity contribution is 6.06. The second-order valence-corrected chi connectivity index (χ2v) is 10.6. The quantitative estimate of drug-likeness (QED) is 0.465. The van der Waals surface area contributed by atoms with Gasteiger partial charge >= 0.3 is 0 Å². The first-order valence-corrected chi connectivity index (χ1v) is 12.5. The van der Waals surface area contributed by atoms with Gasteiger partial charge in [0.15, 0.2) is 11.3 Å². The van der Waals surface area contributed by atoms with Crippen LogP contribution in [0.15, 0.2) is 29.8 Å². The molecule has 2 aliphatic heterocycles. The number of carbonyl (C=O) groups excluding carboxylic acids is 2. The van der Waals surface area contributed by atoms with E-state index in [1.165, 1.54) is 11.1 Å². The molecule has 37 heavy (non-hydrogen) atoms. The van der Waals surface area contributed by atoms with Crippen LogP contribution in [-0.4, -0.2) is 85.2 Å². The first kappa shape index (κ1) is 24.8. The van der Waals surface area contributed by atoms with E-state index >= 15 is 4.39 Å². The average Bonchev–Trinajstić information content (AvgIpc) is 3.66. The summed E-state index contributed by atoms with van der Waals surface area (Å²) in [5.74, 6) is -0.461. The Morgan fingerprint density at radius 2 is 2.11 bits per heavy atom. The first-order chi connectivity index (χ1) is 17.6. The van der Waals surface area contributed by atoms with Gasteiger partial charge in [0.1, 0.15) is 17.4 Å². The zero-order chi connectivity index (χ0) is 26.4. The number of rotatable bonds is 6. The molecule has 0 spiro atoms. The maximum atomic E-state index is 15.6. The van der Waals surface area contributed by atoms with Crippen molar-refractivity contribution in [2.24, 2.45) is 10.4 Å². The molecular weight excluding hydrogens is 477 g/mol. The number of hydrogen-bond acceptors (Lipinski definition) is 7. The van der Waals surface area contributed by atoms with Crippen molar-refractivity contribution in [2.75, 3.05) is 26.2 Å². The van der Waals surface area contributed by atoms with E-state index in [0.29, 0.717) is 35.8 Å². The second-order valence-electron chi connectivity index (χ2n) is 10.6. The molecule has 2 atom stereocenters. The molecule has 3 N–H and O–H groups in total. The van der Waals surface area contributed by atoms with Gasteiger partial charge in [-0.1, -0.05) is 20.8 Å². The number of nitrogens with zero attached hydrogens (tertiary/aromatic N) is 6. The van der Waals surface area contributed by atoms with Crippen molar-refractivity contribution in [3.8, 4) is 11.3 Å². The van der Waals surface area contributed by atoms with Gasteiger partial charge in [0.05, 0.1) is 36.7 Å². The van der Waals surface area contributed by atoms with Crippen LogP contribution in [0.5, 0.6) is 0 Å². The van der Waals surface area contributed by atoms with Crippen LogP contribution in [0.4, 0.5) is 4.39 Å². The Labute approximate surface area is 213 Å². The lowest BCUT2D eigenvalue weighted by atomic mass is 9.85. The fourth-order valence-electron chi connectivity index (χ4n) is 4.76. The van der Waals surface area contributed by atoms with Crippen molar-refractivity contribution >= 4 is 28.8 Å². The largest absolute Gasteiger partial charge is 0.369 e. The number of halogens is 1. The fourth-order valence-corrected chi connectivity index (χ4v) is 4.76. The molecule has 0 aliphatic carbocycles. The van der Waals surface area contributed by atoms with E-state index in [-0.39, 0.29) is 31.0 Å². The van der Waals surface area contributed by atoms with Crippen molar-refractivity contribution in [3.63, 3.8) is 0 Å². The molecule has 11 nitrogen and oxygen atoms in total. The maximum Gasteiger partial charge on any atom is 0.255 e. The van der Waals surface area contributed by atoms with Gasteiger partial charge in [0.2, 0.25) is 5.91 Å². The molecule has 1 fully saturated rings. The summed E-state index contributed by atoms with van der Waals surface area (Å²) in [6.45, 7) is 9.63. The van der Waals surface area contributed by atoms with Crippen molar-refractivity contribution in [2.45, 2.75) is 52.4 Å². The summed E-state index contributed by atoms with van der Waals surface area (Å²) < 4.78 is 17.3. The Kier molecular flexibility index (Phi) is 6.20. The van der Waals surface area contributed by atoms with Gasteiger partial charge in [-0.2, -0.15) is 5.10 Å². The predicted octanol–water partition coefficient (Wildman–Crippen LogP) is 1.93. The van der Waals surface area contributed by atoms with E-state index < -0.39 is 23.0 Å². The SMILES string of the molecule is CCn1cc(-c2cnc3[nH]cc(C(=O)NC(C(=O)N4CCC(F)(C5=NCCN5)C4)C(C)(C)C)c3n2)cn1. The number of aryl methyl sites for hydroxylation is 1. The number of likely N-dealkylation sites (tertiary alicyclic amines) is 1. The van der Waals surface area contributed by atoms with Crippen LogP contribution < -0.4 is 10.6 Å². The van der Waals surface area contributed by atoms with Crippen molar-refractivity contribution in [3.05, 3.63) is 30.4 Å². The summed E-state index contributed by atoms with van der Waals surface area (Å²) in [6.07, 6.45) is 6.90. The molecule has 2 amide bonds. The first-order valence-electron chi connectivity index (χ1n) is 12.5. The number of hydrogen-bond donors (Lipinski definition) is 3. The third-order valence-electron chi connectivity index (χ3n) is 6.90. The minimum atomic E-state index is -1.69. The third-order valence-corrected chi connectivity index (χ3v) is 6.90. The number of H-pyrrole nitrogens is 1. The summed E-state index contributed by atoms with van der Waals surface area (Å²) >= 11 is 0. The van der Waals surface area contributed by atoms with Crippen LogP contribution in [0.25, 0.3) is 22.4 Å². The molecule has 3 aromatic rings. The van der Waals surface area contributed by atoms with E-state index in [9.17, 15) is 9.59 Å². The lowest BCUT2D eigenvalue weighted by Gasteiger charge is -2.33. The number of amides is 2. The number of carbonyl (C=O) groups is 2. The Bertz CT molecular complexity index is 1370. The normalized spacial score (nSPS) is 20.7. The molecule has 0 saturated carbocycles. The number of nitrogens with one attached hydrogen (secondary N) is 3. The Balaban J connectivity index is 1.37. The van der Waals surface area contributed by atoms with Crippen molar-refractivity contribution in [1.82, 2.24) is 40.3 Å². The molecule has 0 radical (unpaired) electrons. The molecule has 3 aromatic heterocycles. The van der Waals surface area contributed by atoms with E-state index in [2.05, 4.69) is 35.7 Å². The van der Waals surface area contributed by atoms with Crippen LogP contribution >= 0.6 is 0 Å². The van der Waals surface area contributed by atoms with E-state index in [4.69, 9.17) is 0 Å². The van der Waals surface area contributed by atoms with Gasteiger partial charge < -0.3 is 20.5 Å². The Morgan fingerprint density at radius 1 is 1.30 bits per heavy atom. The summed E-state index contributed by atoms with van der Waals surface area (Å²) in [5, 5.41) is 10.2. The highest BCUT2D eigenvalue weighted by Crippen LogP contribution is 2.31. The van der Waals surface area contributed by atoms with Gasteiger partial charge in [0, 0.05) is 44.0 Å². The second kappa shape index (κ2) is 9.24. The molecule has 196 valence electrons. The number of fused-ring (bicyclic) bond motifs is 1. The van der Waals surface area contributed by atoms with Crippen LogP contribution in [0.1, 0.15) is 44.5 Å². The van der Waals surface area contributed by atoms with Gasteiger partial charge in [-0.25, -0.2) is 14.4 Å². The number of aliphatic imine (C=N–C) groups is 1. The van der Waals surface area contributed by atoms with Crippen LogP contribution in [0, 0.1) is 5.41 Å². The Morgan fingerprint density at radius 3 is 2.78 bits per heavy atom. The molecule has 12 heteroatoms. The van der Waals surface area contributed by atoms with Crippen molar-refractivity contribution in [1.29, 1.82) is 0 Å². The molecule has 0 bridgehead atoms. The lowest BCUT2D eigenvalue weighted by molar-refractivity contribution is -0.135. The zero-order valence-electron chi connectivity index (χ0n) is 21.5. The number of aromatic amines is 1. The maximum absolute atomic E-state index is 15.6. The number of amidine groups is 1. The van der Waals surface area contributed by atoms with E-state index in [1.807, 2.05) is 33.9 Å². The van der Waals surface area contributed by atoms with E-state index in [0.717, 1.165) is 12.1 Å². The smallest absolute Gasteiger partial charge is 0.255 e. The minimum absolute atomic E-state index is 0.0898. The lowest BCUT2D eigenvalue weighted by Crippen LogP contribution is -2.55. The highest BCUT2D eigenvalue weighted by atomic mass is 19.1. The van der Waals surface area contributed by atoms with Gasteiger partial charge in [0.25, 0.3) is 5.91 Å². The van der Waals surface area contributed by atoms with Crippen LogP contribution in [-0.2, 0) is 11.3 Å². The fraction of sp³-hybridized carbons (Fsp3) is 0.520. The minimum Gasteiger partial charge on any atom is -0.369 e.